The maximum absolute atomic E-state index is 2.66. The molecule has 16 heavy (non-hydrogen) atoms. The van der Waals surface area contributed by atoms with Crippen LogP contribution in [0.2, 0.25) is 18.0 Å². The van der Waals surface area contributed by atoms with Crippen LogP contribution in [0.3, 0.4) is 0 Å². The van der Waals surface area contributed by atoms with Gasteiger partial charge in [0.05, 0.1) is 0 Å². The van der Waals surface area contributed by atoms with Crippen LogP contribution in [0, 0.1) is 5.92 Å². The van der Waals surface area contributed by atoms with Gasteiger partial charge in [-0.2, -0.15) is 0 Å². The second-order valence-electron chi connectivity index (χ2n) is 7.52. The fourth-order valence-electron chi connectivity index (χ4n) is 3.67. The van der Waals surface area contributed by atoms with Crippen LogP contribution in [0.5, 0.6) is 0 Å². The van der Waals surface area contributed by atoms with Crippen molar-refractivity contribution in [1.29, 1.82) is 0 Å². The normalized spacial score (nSPS) is 25.2. The van der Waals surface area contributed by atoms with E-state index in [2.05, 4.69) is 32.1 Å². The second-order valence-corrected chi connectivity index (χ2v) is 27.2. The number of hydrogen-bond donors (Lipinski definition) is 0. The van der Waals surface area contributed by atoms with Crippen LogP contribution >= 0.6 is 0 Å². The van der Waals surface area contributed by atoms with Crippen LogP contribution in [0.1, 0.15) is 38.5 Å². The van der Waals surface area contributed by atoms with Gasteiger partial charge in [0.15, 0.2) is 0 Å². The average molecular weight is 299 g/mol. The molecule has 2 aliphatic carbocycles. The fourth-order valence-corrected chi connectivity index (χ4v) is 14.2. The molecular formula is C15H27Zr. The van der Waals surface area contributed by atoms with E-state index in [1.807, 2.05) is 3.28 Å². The van der Waals surface area contributed by atoms with E-state index in [0.717, 1.165) is 5.92 Å². The Bertz CT molecular complexity index is 308. The van der Waals surface area contributed by atoms with Gasteiger partial charge in [0.25, 0.3) is 0 Å². The Morgan fingerprint density at radius 3 is 2.38 bits per heavy atom. The molecule has 0 amide bonds. The monoisotopic (exact) mass is 297 g/mol. The van der Waals surface area contributed by atoms with Gasteiger partial charge in [-0.1, -0.05) is 0 Å². The molecule has 0 aromatic heterocycles. The topological polar surface area (TPSA) is 0 Å². The molecule has 91 valence electrons. The van der Waals surface area contributed by atoms with E-state index in [9.17, 15) is 0 Å². The van der Waals surface area contributed by atoms with Gasteiger partial charge in [-0.3, -0.25) is 0 Å². The third-order valence-electron chi connectivity index (χ3n) is 4.69. The molecule has 0 aromatic carbocycles. The Balaban J connectivity index is 2.04. The first-order chi connectivity index (χ1) is 7.46. The fraction of sp³-hybridized carbons (Fsp3) is 0.733. The summed E-state index contributed by atoms with van der Waals surface area (Å²) in [7, 11) is 0. The van der Waals surface area contributed by atoms with Gasteiger partial charge in [0, 0.05) is 0 Å². The van der Waals surface area contributed by atoms with Crippen molar-refractivity contribution >= 4 is 0 Å². The van der Waals surface area contributed by atoms with Crippen molar-refractivity contribution in [3.8, 4) is 0 Å². The summed E-state index contributed by atoms with van der Waals surface area (Å²) in [5, 5.41) is 0. The van der Waals surface area contributed by atoms with E-state index in [-0.39, 0.29) is 0 Å². The molecule has 0 spiro atoms. The molecule has 1 heteroatoms. The molecular weight excluding hydrogens is 271 g/mol. The van der Waals surface area contributed by atoms with Crippen molar-refractivity contribution in [2.45, 2.75) is 56.5 Å². The molecule has 2 aliphatic rings. The first kappa shape index (κ1) is 12.8. The molecule has 0 aromatic rings. The Morgan fingerprint density at radius 1 is 1.12 bits per heavy atom. The summed E-state index contributed by atoms with van der Waals surface area (Å²) in [6.45, 7) is 0. The van der Waals surface area contributed by atoms with Gasteiger partial charge in [-0.15, -0.1) is 0 Å². The van der Waals surface area contributed by atoms with Crippen molar-refractivity contribution in [2.75, 3.05) is 0 Å². The Hall–Kier alpha value is 0.363. The molecule has 0 bridgehead atoms. The van der Waals surface area contributed by atoms with Gasteiger partial charge >= 0.3 is 103 Å². The van der Waals surface area contributed by atoms with Crippen molar-refractivity contribution in [1.82, 2.24) is 0 Å². The first-order valence-corrected chi connectivity index (χ1v) is 17.4. The zero-order valence-electron chi connectivity index (χ0n) is 11.3. The molecule has 1 fully saturated rings. The summed E-state index contributed by atoms with van der Waals surface area (Å²) in [6.07, 6.45) is 15.8. The minimum atomic E-state index is -2.46. The van der Waals surface area contributed by atoms with Crippen molar-refractivity contribution in [3.63, 3.8) is 0 Å². The van der Waals surface area contributed by atoms with E-state index in [1.54, 1.807) is 4.13 Å². The van der Waals surface area contributed by atoms with Crippen LogP contribution in [-0.2, 0) is 18.8 Å². The summed E-state index contributed by atoms with van der Waals surface area (Å²) in [6, 6.07) is 0. The van der Waals surface area contributed by atoms with Crippen LogP contribution in [0.4, 0.5) is 0 Å². The molecule has 2 rings (SSSR count). The number of hydrogen-bond acceptors (Lipinski definition) is 0. The van der Waals surface area contributed by atoms with Crippen LogP contribution < -0.4 is 0 Å². The molecule has 0 unspecified atom stereocenters. The predicted molar refractivity (Wildman–Crippen MR) is 70.8 cm³/mol. The third-order valence-corrected chi connectivity index (χ3v) is 16.4. The van der Waals surface area contributed by atoms with Crippen LogP contribution in [-0.4, -0.2) is 0 Å². The first-order valence-electron chi connectivity index (χ1n) is 7.05. The van der Waals surface area contributed by atoms with Crippen LogP contribution in [0.25, 0.3) is 0 Å². The van der Waals surface area contributed by atoms with Gasteiger partial charge in [0.2, 0.25) is 0 Å². The molecule has 0 saturated heterocycles. The summed E-state index contributed by atoms with van der Waals surface area (Å²) in [5.41, 5.74) is 0. The molecule has 1 saturated carbocycles. The van der Waals surface area contributed by atoms with E-state index in [0.29, 0.717) is 0 Å². The Kier molecular flexibility index (Phi) is 3.65. The minimum absolute atomic E-state index is 1.06. The Labute approximate surface area is 102 Å². The zero-order chi connectivity index (χ0) is 11.7. The van der Waals surface area contributed by atoms with E-state index >= 15 is 0 Å². The standard InChI is InChI=1S/C7H13.C5H5.3CH3.Zr/c1-7-5-3-2-4-6-7;1-2-4-5-3-1;;;;/h7H,1-6H2;1-3H,4H2;3*1H3;. The van der Waals surface area contributed by atoms with Gasteiger partial charge in [0.1, 0.15) is 0 Å². The van der Waals surface area contributed by atoms with Gasteiger partial charge in [-0.25, -0.2) is 0 Å². The van der Waals surface area contributed by atoms with E-state index < -0.39 is 18.8 Å². The van der Waals surface area contributed by atoms with E-state index in [1.165, 1.54) is 38.5 Å². The van der Waals surface area contributed by atoms with Gasteiger partial charge in [-0.05, 0) is 0 Å². The summed E-state index contributed by atoms with van der Waals surface area (Å²) < 4.78 is 11.4. The predicted octanol–water partition coefficient (Wildman–Crippen LogP) is 5.66. The third kappa shape index (κ3) is 2.97. The van der Waals surface area contributed by atoms with Crippen molar-refractivity contribution < 1.29 is 18.8 Å². The van der Waals surface area contributed by atoms with Gasteiger partial charge < -0.3 is 0 Å². The summed E-state index contributed by atoms with van der Waals surface area (Å²) >= 11 is -2.46. The molecule has 0 heterocycles. The SMILES string of the molecule is [CH3][Zr]([CH3])([CH3])([CH2]C1CCCCC1)[C]1=CC=CC1. The quantitative estimate of drug-likeness (QED) is 0.630. The molecule has 0 N–H and O–H groups in total. The maximum atomic E-state index is 2.66. The molecule has 0 atom stereocenters. The Morgan fingerprint density at radius 2 is 1.81 bits per heavy atom. The van der Waals surface area contributed by atoms with Crippen LogP contribution in [0.15, 0.2) is 21.5 Å². The molecule has 0 radical (unpaired) electrons. The number of allylic oxidation sites excluding steroid dienone is 4. The van der Waals surface area contributed by atoms with Crippen molar-refractivity contribution in [3.05, 3.63) is 21.5 Å². The molecule has 0 nitrogen and oxygen atoms in total. The summed E-state index contributed by atoms with van der Waals surface area (Å²) in [4.78, 5) is 0. The van der Waals surface area contributed by atoms with Crippen molar-refractivity contribution in [2.24, 2.45) is 5.92 Å². The average Bonchev–Trinajstić information content (AvgIpc) is 2.71. The summed E-state index contributed by atoms with van der Waals surface area (Å²) in [5.74, 6) is 1.06. The molecule has 0 aliphatic heterocycles. The van der Waals surface area contributed by atoms with E-state index in [4.69, 9.17) is 0 Å². The second kappa shape index (κ2) is 4.56. The number of rotatable bonds is 3. The zero-order valence-corrected chi connectivity index (χ0v) is 13.7.